The molecule has 0 bridgehead atoms. The molecule has 1 saturated heterocycles. The van der Waals surface area contributed by atoms with Crippen molar-refractivity contribution in [2.24, 2.45) is 0 Å². The molecule has 2 rings (SSSR count). The van der Waals surface area contributed by atoms with E-state index in [1.54, 1.807) is 0 Å². The number of alkyl carbamates (subject to hydrolysis) is 1. The van der Waals surface area contributed by atoms with E-state index in [4.69, 9.17) is 4.74 Å². The van der Waals surface area contributed by atoms with Crippen molar-refractivity contribution in [3.05, 3.63) is 33.4 Å². The lowest BCUT2D eigenvalue weighted by molar-refractivity contribution is 0.177. The van der Waals surface area contributed by atoms with Gasteiger partial charge in [-0.05, 0) is 34.2 Å². The first-order valence-electron chi connectivity index (χ1n) is 3.95. The monoisotopic (exact) mass is 289 g/mol. The number of hydrogen-bond donors (Lipinski definition) is 1. The van der Waals surface area contributed by atoms with E-state index in [2.05, 4.69) is 27.9 Å². The van der Waals surface area contributed by atoms with Crippen LogP contribution in [0, 0.1) is 3.57 Å². The fourth-order valence-corrected chi connectivity index (χ4v) is 2.07. The molecule has 3 nitrogen and oxygen atoms in total. The molecule has 0 saturated carbocycles. The van der Waals surface area contributed by atoms with E-state index >= 15 is 0 Å². The molecule has 1 N–H and O–H groups in total. The number of cyclic esters (lactones) is 1. The van der Waals surface area contributed by atoms with Crippen molar-refractivity contribution < 1.29 is 9.53 Å². The Morgan fingerprint density at radius 1 is 1.46 bits per heavy atom. The van der Waals surface area contributed by atoms with Crippen LogP contribution in [-0.4, -0.2) is 12.7 Å². The van der Waals surface area contributed by atoms with Crippen LogP contribution in [0.1, 0.15) is 11.6 Å². The van der Waals surface area contributed by atoms with Crippen LogP contribution in [0.3, 0.4) is 0 Å². The number of amides is 1. The Hall–Kier alpha value is -0.780. The molecule has 1 aromatic carbocycles. The average Bonchev–Trinajstić information content (AvgIpc) is 2.53. The third-order valence-electron chi connectivity index (χ3n) is 1.95. The van der Waals surface area contributed by atoms with E-state index in [0.717, 1.165) is 9.13 Å². The van der Waals surface area contributed by atoms with Crippen molar-refractivity contribution in [3.63, 3.8) is 0 Å². The van der Waals surface area contributed by atoms with E-state index in [0.29, 0.717) is 6.61 Å². The minimum Gasteiger partial charge on any atom is -0.447 e. The molecule has 4 heteroatoms. The summed E-state index contributed by atoms with van der Waals surface area (Å²) >= 11 is 2.25. The number of halogens is 1. The van der Waals surface area contributed by atoms with Crippen LogP contribution < -0.4 is 5.32 Å². The van der Waals surface area contributed by atoms with Crippen LogP contribution in [0.2, 0.25) is 0 Å². The number of carbonyl (C=O) groups is 1. The van der Waals surface area contributed by atoms with E-state index in [1.807, 2.05) is 24.3 Å². The van der Waals surface area contributed by atoms with E-state index in [-0.39, 0.29) is 12.1 Å². The minimum atomic E-state index is -0.329. The highest BCUT2D eigenvalue weighted by Crippen LogP contribution is 2.22. The average molecular weight is 289 g/mol. The standard InChI is InChI=1S/C9H8INO2/c10-7-4-2-1-3-6(7)8-5-13-9(12)11-8/h1-4,8H,5H2,(H,11,12). The van der Waals surface area contributed by atoms with Gasteiger partial charge < -0.3 is 10.1 Å². The van der Waals surface area contributed by atoms with Gasteiger partial charge in [-0.3, -0.25) is 0 Å². The summed E-state index contributed by atoms with van der Waals surface area (Å²) < 4.78 is 5.97. The summed E-state index contributed by atoms with van der Waals surface area (Å²) in [7, 11) is 0. The summed E-state index contributed by atoms with van der Waals surface area (Å²) in [6.07, 6.45) is -0.329. The van der Waals surface area contributed by atoms with Gasteiger partial charge in [0.1, 0.15) is 6.61 Å². The Labute approximate surface area is 89.6 Å². The second kappa shape index (κ2) is 3.53. The summed E-state index contributed by atoms with van der Waals surface area (Å²) in [4.78, 5) is 10.8. The molecule has 0 spiro atoms. The van der Waals surface area contributed by atoms with Crippen molar-refractivity contribution in [2.45, 2.75) is 6.04 Å². The zero-order chi connectivity index (χ0) is 9.26. The Kier molecular flexibility index (Phi) is 2.39. The molecule has 1 unspecified atom stereocenters. The van der Waals surface area contributed by atoms with Gasteiger partial charge in [0.15, 0.2) is 0 Å². The second-order valence-corrected chi connectivity index (χ2v) is 3.98. The third-order valence-corrected chi connectivity index (χ3v) is 2.94. The molecule has 0 radical (unpaired) electrons. The topological polar surface area (TPSA) is 38.3 Å². The van der Waals surface area contributed by atoms with E-state index in [1.165, 1.54) is 0 Å². The smallest absolute Gasteiger partial charge is 0.407 e. The Morgan fingerprint density at radius 2 is 2.23 bits per heavy atom. The van der Waals surface area contributed by atoms with Crippen LogP contribution in [0.25, 0.3) is 0 Å². The molecular formula is C9H8INO2. The van der Waals surface area contributed by atoms with Crippen LogP contribution >= 0.6 is 22.6 Å². The quantitative estimate of drug-likeness (QED) is 0.804. The van der Waals surface area contributed by atoms with Gasteiger partial charge in [0, 0.05) is 3.57 Å². The number of carbonyl (C=O) groups excluding carboxylic acids is 1. The predicted octanol–water partition coefficient (Wildman–Crippen LogP) is 2.07. The third kappa shape index (κ3) is 1.77. The maximum atomic E-state index is 10.8. The highest BCUT2D eigenvalue weighted by atomic mass is 127. The zero-order valence-corrected chi connectivity index (χ0v) is 8.95. The Bertz CT molecular complexity index is 340. The highest BCUT2D eigenvalue weighted by Gasteiger charge is 2.24. The van der Waals surface area contributed by atoms with Crippen molar-refractivity contribution in [1.29, 1.82) is 0 Å². The number of benzene rings is 1. The highest BCUT2D eigenvalue weighted by molar-refractivity contribution is 14.1. The largest absolute Gasteiger partial charge is 0.447 e. The fraction of sp³-hybridized carbons (Fsp3) is 0.222. The molecule has 1 atom stereocenters. The first-order valence-corrected chi connectivity index (χ1v) is 5.03. The summed E-state index contributed by atoms with van der Waals surface area (Å²) in [5.74, 6) is 0. The number of hydrogen-bond acceptors (Lipinski definition) is 2. The lowest BCUT2D eigenvalue weighted by Gasteiger charge is -2.08. The van der Waals surface area contributed by atoms with Crippen molar-refractivity contribution in [1.82, 2.24) is 5.32 Å². The molecule has 1 aliphatic rings. The molecule has 1 fully saturated rings. The van der Waals surface area contributed by atoms with Gasteiger partial charge in [0.05, 0.1) is 6.04 Å². The maximum Gasteiger partial charge on any atom is 0.407 e. The van der Waals surface area contributed by atoms with Gasteiger partial charge in [0.25, 0.3) is 0 Å². The normalized spacial score (nSPS) is 21.0. The van der Waals surface area contributed by atoms with Gasteiger partial charge in [0.2, 0.25) is 0 Å². The molecule has 0 aliphatic carbocycles. The first-order chi connectivity index (χ1) is 6.27. The van der Waals surface area contributed by atoms with Crippen LogP contribution in [0.15, 0.2) is 24.3 Å². The van der Waals surface area contributed by atoms with Crippen molar-refractivity contribution in [3.8, 4) is 0 Å². The van der Waals surface area contributed by atoms with Gasteiger partial charge in [-0.2, -0.15) is 0 Å². The van der Waals surface area contributed by atoms with Crippen LogP contribution in [0.4, 0.5) is 4.79 Å². The SMILES string of the molecule is O=C1NC(c2ccccc2I)CO1. The van der Waals surface area contributed by atoms with Gasteiger partial charge in [-0.15, -0.1) is 0 Å². The lowest BCUT2D eigenvalue weighted by Crippen LogP contribution is -2.18. The van der Waals surface area contributed by atoms with Crippen molar-refractivity contribution >= 4 is 28.7 Å². The van der Waals surface area contributed by atoms with Crippen LogP contribution in [-0.2, 0) is 4.74 Å². The molecule has 13 heavy (non-hydrogen) atoms. The zero-order valence-electron chi connectivity index (χ0n) is 6.79. The molecule has 1 aliphatic heterocycles. The molecule has 68 valence electrons. The summed E-state index contributed by atoms with van der Waals surface area (Å²) in [6, 6.07) is 7.97. The molecular weight excluding hydrogens is 281 g/mol. The van der Waals surface area contributed by atoms with E-state index in [9.17, 15) is 4.79 Å². The number of rotatable bonds is 1. The predicted molar refractivity (Wildman–Crippen MR) is 56.4 cm³/mol. The molecule has 1 amide bonds. The molecule has 1 heterocycles. The van der Waals surface area contributed by atoms with Gasteiger partial charge in [-0.25, -0.2) is 4.79 Å². The maximum absolute atomic E-state index is 10.8. The number of nitrogens with one attached hydrogen (secondary N) is 1. The fourth-order valence-electron chi connectivity index (χ4n) is 1.31. The summed E-state index contributed by atoms with van der Waals surface area (Å²) in [5, 5.41) is 2.75. The lowest BCUT2D eigenvalue weighted by atomic mass is 10.1. The van der Waals surface area contributed by atoms with Crippen molar-refractivity contribution in [2.75, 3.05) is 6.61 Å². The molecule has 0 aromatic heterocycles. The molecule has 1 aromatic rings. The van der Waals surface area contributed by atoms with Crippen LogP contribution in [0.5, 0.6) is 0 Å². The Morgan fingerprint density at radius 3 is 2.85 bits per heavy atom. The second-order valence-electron chi connectivity index (χ2n) is 2.82. The van der Waals surface area contributed by atoms with Gasteiger partial charge >= 0.3 is 6.09 Å². The minimum absolute atomic E-state index is 0.0144. The number of ether oxygens (including phenoxy) is 1. The van der Waals surface area contributed by atoms with Gasteiger partial charge in [-0.1, -0.05) is 18.2 Å². The van der Waals surface area contributed by atoms with E-state index < -0.39 is 0 Å². The Balaban J connectivity index is 2.26. The summed E-state index contributed by atoms with van der Waals surface area (Å²) in [6.45, 7) is 0.429. The first kappa shape index (κ1) is 8.80. The summed E-state index contributed by atoms with van der Waals surface area (Å²) in [5.41, 5.74) is 1.12.